The van der Waals surface area contributed by atoms with Gasteiger partial charge in [-0.15, -0.1) is 26.6 Å². The van der Waals surface area contributed by atoms with E-state index < -0.39 is 122 Å². The summed E-state index contributed by atoms with van der Waals surface area (Å²) >= 11 is 9.27. The molecule has 1 aromatic rings. The molecular formula is C37H49F26N5S6. The summed E-state index contributed by atoms with van der Waals surface area (Å²) in [5.41, 5.74) is 0. The summed E-state index contributed by atoms with van der Waals surface area (Å²) < 4.78 is 350. The van der Waals surface area contributed by atoms with E-state index in [-0.39, 0.29) is 37.6 Å². The third-order valence-electron chi connectivity index (χ3n) is 9.17. The lowest BCUT2D eigenvalue weighted by molar-refractivity contribution is -0.440. The molecule has 1 aromatic heterocycles. The standard InChI is InChI=1S/C30H33F22N5S6.C3H8.C2H2F4.C2H6/c1-6-60-17-19(56(15(4)5)20(58)54(17)10-8-22(34,35)25(40,41)27(44,45)28(46,47)29(48,49)30(50,51)52)63-57-61-16-18(62-57)55(14(2)3)13-59-12-53(16)9-7-21(32,33)24(38,39)26(42,43)23(36,37)11-31;1-3-2;3-1-2(4,5)6;1-2/h14-15H,6-13H2,1-5H3;3H2,1-2H3;1H2;1-2H3. The maximum absolute atomic E-state index is 14.9. The summed E-state index contributed by atoms with van der Waals surface area (Å²) in [7, 11) is 0. The summed E-state index contributed by atoms with van der Waals surface area (Å²) in [6.07, 6.45) is -15.7. The Labute approximate surface area is 434 Å². The molecule has 0 saturated heterocycles. The van der Waals surface area contributed by atoms with Crippen molar-refractivity contribution in [2.75, 3.05) is 37.4 Å². The van der Waals surface area contributed by atoms with Crippen LogP contribution in [-0.4, -0.2) is 131 Å². The maximum Gasteiger partial charge on any atom is 0.460 e. The van der Waals surface area contributed by atoms with Gasteiger partial charge in [0.1, 0.15) is 20.1 Å². The first kappa shape index (κ1) is 72.7. The highest BCUT2D eigenvalue weighted by molar-refractivity contribution is 8.30. The molecule has 0 fully saturated rings. The second-order valence-electron chi connectivity index (χ2n) is 15.5. The maximum atomic E-state index is 14.9. The highest BCUT2D eigenvalue weighted by Crippen LogP contribution is 2.62. The van der Waals surface area contributed by atoms with E-state index in [9.17, 15) is 114 Å². The van der Waals surface area contributed by atoms with Crippen molar-refractivity contribution in [2.24, 2.45) is 0 Å². The van der Waals surface area contributed by atoms with Gasteiger partial charge in [0.05, 0.1) is 11.8 Å². The number of halogens is 26. The van der Waals surface area contributed by atoms with E-state index in [1.165, 1.54) is 34.9 Å². The Balaban J connectivity index is 0.00000440. The molecule has 0 aromatic carbocycles. The predicted octanol–water partition coefficient (Wildman–Crippen LogP) is 18.1. The van der Waals surface area contributed by atoms with E-state index in [4.69, 9.17) is 12.2 Å². The van der Waals surface area contributed by atoms with Crippen molar-refractivity contribution in [3.8, 4) is 0 Å². The van der Waals surface area contributed by atoms with Crippen LogP contribution in [0.4, 0.5) is 114 Å². The minimum absolute atomic E-state index is 0.000639. The molecule has 0 aliphatic carbocycles. The van der Waals surface area contributed by atoms with Gasteiger partial charge in [0.15, 0.2) is 18.1 Å². The van der Waals surface area contributed by atoms with Gasteiger partial charge in [-0.25, -0.2) is 8.78 Å². The Kier molecular flexibility index (Phi) is 26.3. The molecule has 3 heterocycles. The molecule has 0 radical (unpaired) electrons. The molecule has 0 spiro atoms. The smallest absolute Gasteiger partial charge is 0.354 e. The lowest BCUT2D eigenvalue weighted by Crippen LogP contribution is -2.70. The molecule has 74 heavy (non-hydrogen) atoms. The molecule has 2 aliphatic heterocycles. The summed E-state index contributed by atoms with van der Waals surface area (Å²) in [5.74, 6) is -63.8. The molecule has 440 valence electrons. The summed E-state index contributed by atoms with van der Waals surface area (Å²) in [6.45, 7) is 7.55. The highest BCUT2D eigenvalue weighted by Gasteiger charge is 2.90. The zero-order chi connectivity index (χ0) is 59.0. The molecule has 0 amide bonds. The summed E-state index contributed by atoms with van der Waals surface area (Å²) in [4.78, 5) is 2.68. The number of alkyl halides is 26. The van der Waals surface area contributed by atoms with Gasteiger partial charge in [-0.3, -0.25) is 0 Å². The Hall–Kier alpha value is -1.34. The first-order valence-corrected chi connectivity index (χ1v) is 25.8. The fourth-order valence-electron chi connectivity index (χ4n) is 5.35. The molecule has 0 unspecified atom stereocenters. The lowest BCUT2D eigenvalue weighted by atomic mass is 9.92. The predicted molar refractivity (Wildman–Crippen MR) is 236 cm³/mol. The van der Waals surface area contributed by atoms with Gasteiger partial charge in [-0.2, -0.15) is 105 Å². The molecule has 0 N–H and O–H groups in total. The van der Waals surface area contributed by atoms with Crippen LogP contribution in [0.3, 0.4) is 0 Å². The first-order chi connectivity index (χ1) is 33.2. The first-order valence-electron chi connectivity index (χ1n) is 21.0. The lowest BCUT2D eigenvalue weighted by Gasteiger charge is -2.39. The fourth-order valence-corrected chi connectivity index (χ4v) is 12.4. The topological polar surface area (TPSA) is 19.6 Å². The molecule has 5 nitrogen and oxygen atoms in total. The van der Waals surface area contributed by atoms with Crippen molar-refractivity contribution >= 4 is 71.6 Å². The van der Waals surface area contributed by atoms with Crippen LogP contribution in [0.5, 0.6) is 0 Å². The number of nitrogens with zero attached hydrogens (tertiary/aromatic N) is 5. The van der Waals surface area contributed by atoms with Gasteiger partial charge in [0, 0.05) is 73.9 Å². The molecule has 0 bridgehead atoms. The van der Waals surface area contributed by atoms with Crippen molar-refractivity contribution in [1.82, 2.24) is 22.0 Å². The van der Waals surface area contributed by atoms with Crippen LogP contribution >= 0.6 is 71.6 Å². The van der Waals surface area contributed by atoms with Crippen molar-refractivity contribution in [3.05, 3.63) is 14.8 Å². The normalized spacial score (nSPS) is 16.4. The SMILES string of the molecule is CC.CCC.CCSc1c(SN2SC3=C(S2)N(C(C)C)CSCN3CCC(F)(F)C(F)(F)C(F)(F)C(F)(F)CF)n(C(C)C)c(=S)n1CCC(F)(F)C(F)(F)C(F)(F)C(F)(F)C(F)(F)C(F)(F)F.FCC(F)(F)F. The summed E-state index contributed by atoms with van der Waals surface area (Å²) in [5, 5.41) is -0.0344. The Bertz CT molecular complexity index is 2000. The van der Waals surface area contributed by atoms with E-state index in [0.717, 1.165) is 40.4 Å². The summed E-state index contributed by atoms with van der Waals surface area (Å²) in [6, 6.07) is -1.19. The van der Waals surface area contributed by atoms with Crippen LogP contribution in [0, 0.1) is 4.77 Å². The van der Waals surface area contributed by atoms with Crippen molar-refractivity contribution in [2.45, 2.75) is 176 Å². The van der Waals surface area contributed by atoms with Gasteiger partial charge in [-0.05, 0) is 45.7 Å². The number of hydrogen-bond acceptors (Lipinski definition) is 9. The zero-order valence-corrected chi connectivity index (χ0v) is 44.6. The van der Waals surface area contributed by atoms with Crippen LogP contribution in [0.1, 0.15) is 87.6 Å². The average molecular weight is 1250 g/mol. The number of thioether (sulfide) groups is 2. The Morgan fingerprint density at radius 1 is 0.541 bits per heavy atom. The molecule has 2 aliphatic rings. The second-order valence-corrected chi connectivity index (χ2v) is 21.5. The van der Waals surface area contributed by atoms with Crippen LogP contribution in [0.15, 0.2) is 20.1 Å². The van der Waals surface area contributed by atoms with Crippen molar-refractivity contribution in [3.63, 3.8) is 0 Å². The van der Waals surface area contributed by atoms with Gasteiger partial charge in [0.25, 0.3) is 0 Å². The van der Waals surface area contributed by atoms with E-state index in [1.54, 1.807) is 18.7 Å². The van der Waals surface area contributed by atoms with Crippen LogP contribution in [0.2, 0.25) is 0 Å². The molecule has 0 atom stereocenters. The number of rotatable bonds is 20. The molecule has 0 saturated carbocycles. The largest absolute Gasteiger partial charge is 0.460 e. The second kappa shape index (κ2) is 26.7. The van der Waals surface area contributed by atoms with Gasteiger partial charge in [-0.1, -0.05) is 41.0 Å². The number of hydrogen-bond donors (Lipinski definition) is 0. The Morgan fingerprint density at radius 2 is 0.946 bits per heavy atom. The molecular weight excluding hydrogens is 1200 g/mol. The van der Waals surface area contributed by atoms with Gasteiger partial charge >= 0.3 is 65.7 Å². The fraction of sp³-hybridized carbons (Fsp3) is 0.865. The third kappa shape index (κ3) is 15.3. The van der Waals surface area contributed by atoms with Crippen LogP contribution < -0.4 is 0 Å². The zero-order valence-electron chi connectivity index (χ0n) is 39.7. The quantitative estimate of drug-likeness (QED) is 0.0546. The van der Waals surface area contributed by atoms with Gasteiger partial charge in [0.2, 0.25) is 0 Å². The van der Waals surface area contributed by atoms with E-state index in [1.807, 2.05) is 13.8 Å². The monoisotopic (exact) mass is 1250 g/mol. The van der Waals surface area contributed by atoms with Gasteiger partial charge < -0.3 is 18.9 Å². The third-order valence-corrected chi connectivity index (χ3v) is 15.4. The van der Waals surface area contributed by atoms with E-state index in [2.05, 4.69) is 13.8 Å². The minimum atomic E-state index is -8.10. The average Bonchev–Trinajstić information content (AvgIpc) is 3.73. The minimum Gasteiger partial charge on any atom is -0.354 e. The van der Waals surface area contributed by atoms with Crippen molar-refractivity contribution < 1.29 is 114 Å². The Morgan fingerprint density at radius 3 is 1.34 bits per heavy atom. The highest BCUT2D eigenvalue weighted by atomic mass is 32.3. The molecule has 3 rings (SSSR count). The molecule has 37 heteroatoms. The number of imidazole rings is 1. The van der Waals surface area contributed by atoms with E-state index >= 15 is 0 Å². The van der Waals surface area contributed by atoms with Crippen LogP contribution in [0.25, 0.3) is 0 Å². The van der Waals surface area contributed by atoms with E-state index in [0.29, 0.717) is 28.5 Å². The van der Waals surface area contributed by atoms with Crippen molar-refractivity contribution in [1.29, 1.82) is 0 Å². The van der Waals surface area contributed by atoms with Crippen LogP contribution in [-0.2, 0) is 6.54 Å². The number of aromatic nitrogens is 2.